The maximum Gasteiger partial charge on any atom is 0.256 e. The molecule has 0 bridgehead atoms. The second kappa shape index (κ2) is 8.97. The summed E-state index contributed by atoms with van der Waals surface area (Å²) >= 11 is 0. The molecule has 1 saturated heterocycles. The molecule has 0 radical (unpaired) electrons. The molecule has 3 amide bonds. The molecular formula is C27H30N4O3. The lowest BCUT2D eigenvalue weighted by Gasteiger charge is -2.20. The fourth-order valence-electron chi connectivity index (χ4n) is 5.13. The molecule has 0 spiro atoms. The molecule has 1 aromatic heterocycles. The van der Waals surface area contributed by atoms with Crippen molar-refractivity contribution in [2.24, 2.45) is 0 Å². The summed E-state index contributed by atoms with van der Waals surface area (Å²) < 4.78 is 2.28. The van der Waals surface area contributed by atoms with Gasteiger partial charge in [-0.15, -0.1) is 0 Å². The van der Waals surface area contributed by atoms with E-state index < -0.39 is 6.04 Å². The van der Waals surface area contributed by atoms with Crippen LogP contribution in [0.4, 0.5) is 11.4 Å². The fraction of sp³-hybridized carbons (Fsp3) is 0.370. The van der Waals surface area contributed by atoms with Gasteiger partial charge in [0.15, 0.2) is 0 Å². The minimum Gasteiger partial charge on any atom is -0.345 e. The highest BCUT2D eigenvalue weighted by Crippen LogP contribution is 2.31. The van der Waals surface area contributed by atoms with Crippen LogP contribution in [0.15, 0.2) is 48.7 Å². The average molecular weight is 459 g/mol. The number of amides is 3. The molecule has 176 valence electrons. The van der Waals surface area contributed by atoms with Gasteiger partial charge in [-0.2, -0.15) is 0 Å². The Bertz CT molecular complexity index is 1280. The van der Waals surface area contributed by atoms with Crippen LogP contribution in [0.5, 0.6) is 0 Å². The smallest absolute Gasteiger partial charge is 0.256 e. The topological polar surface area (TPSA) is 83.4 Å². The van der Waals surface area contributed by atoms with Crippen molar-refractivity contribution in [3.8, 4) is 0 Å². The zero-order valence-corrected chi connectivity index (χ0v) is 19.6. The minimum atomic E-state index is -0.403. The number of carbonyl (C=O) groups is 3. The highest BCUT2D eigenvalue weighted by Gasteiger charge is 2.38. The van der Waals surface area contributed by atoms with Crippen LogP contribution in [0.2, 0.25) is 0 Å². The Kier molecular flexibility index (Phi) is 5.86. The summed E-state index contributed by atoms with van der Waals surface area (Å²) in [5.41, 5.74) is 3.98. The molecule has 7 heteroatoms. The van der Waals surface area contributed by atoms with Gasteiger partial charge in [-0.25, -0.2) is 0 Å². The van der Waals surface area contributed by atoms with E-state index in [0.29, 0.717) is 42.4 Å². The van der Waals surface area contributed by atoms with Gasteiger partial charge in [0.05, 0.1) is 11.3 Å². The van der Waals surface area contributed by atoms with Crippen LogP contribution < -0.4 is 10.6 Å². The molecular weight excluding hydrogens is 428 g/mol. The molecule has 3 heterocycles. The minimum absolute atomic E-state index is 0.0864. The molecule has 7 nitrogen and oxygen atoms in total. The van der Waals surface area contributed by atoms with Crippen molar-refractivity contribution in [1.82, 2.24) is 9.47 Å². The van der Waals surface area contributed by atoms with E-state index in [0.717, 1.165) is 19.3 Å². The highest BCUT2D eigenvalue weighted by atomic mass is 16.2. The van der Waals surface area contributed by atoms with E-state index in [4.69, 9.17) is 0 Å². The first kappa shape index (κ1) is 22.2. The van der Waals surface area contributed by atoms with Crippen molar-refractivity contribution < 1.29 is 14.4 Å². The summed E-state index contributed by atoms with van der Waals surface area (Å²) in [5.74, 6) is -0.384. The Balaban J connectivity index is 1.24. The summed E-state index contributed by atoms with van der Waals surface area (Å²) in [7, 11) is 0. The van der Waals surface area contributed by atoms with Gasteiger partial charge >= 0.3 is 0 Å². The lowest BCUT2D eigenvalue weighted by molar-refractivity contribution is -0.119. The molecule has 0 aliphatic carbocycles. The third-order valence-electron chi connectivity index (χ3n) is 6.84. The van der Waals surface area contributed by atoms with Crippen LogP contribution in [-0.4, -0.2) is 39.8 Å². The molecule has 2 N–H and O–H groups in total. The van der Waals surface area contributed by atoms with Gasteiger partial charge < -0.3 is 20.1 Å². The Labute approximate surface area is 199 Å². The average Bonchev–Trinajstić information content (AvgIpc) is 3.43. The first-order valence-corrected chi connectivity index (χ1v) is 12.1. The number of hydrogen-bond donors (Lipinski definition) is 2. The number of rotatable bonds is 6. The molecule has 1 atom stereocenters. The third kappa shape index (κ3) is 4.06. The molecule has 1 fully saturated rings. The monoisotopic (exact) mass is 458 g/mol. The molecule has 3 aromatic rings. The number of para-hydroxylation sites is 1. The number of aromatic nitrogens is 1. The number of anilines is 2. The summed E-state index contributed by atoms with van der Waals surface area (Å²) in [4.78, 5) is 39.7. The molecule has 2 aliphatic heterocycles. The van der Waals surface area contributed by atoms with Crippen LogP contribution in [0, 0.1) is 0 Å². The number of fused-ring (bicyclic) bond motifs is 3. The number of aryl methyl sites for hydroxylation is 1. The fourth-order valence-corrected chi connectivity index (χ4v) is 5.13. The zero-order chi connectivity index (χ0) is 23.8. The van der Waals surface area contributed by atoms with Gasteiger partial charge in [-0.1, -0.05) is 18.2 Å². The van der Waals surface area contributed by atoms with Crippen molar-refractivity contribution >= 4 is 40.0 Å². The van der Waals surface area contributed by atoms with E-state index in [2.05, 4.69) is 59.5 Å². The number of nitrogens with zero attached hydrogens (tertiary/aromatic N) is 2. The number of benzene rings is 2. The van der Waals surface area contributed by atoms with Crippen molar-refractivity contribution in [3.05, 3.63) is 59.8 Å². The molecule has 0 saturated carbocycles. The summed E-state index contributed by atoms with van der Waals surface area (Å²) in [6.07, 6.45) is 5.64. The second-order valence-electron chi connectivity index (χ2n) is 9.48. The van der Waals surface area contributed by atoms with Crippen molar-refractivity contribution in [3.63, 3.8) is 0 Å². The van der Waals surface area contributed by atoms with Gasteiger partial charge in [0, 0.05) is 41.8 Å². The van der Waals surface area contributed by atoms with E-state index in [-0.39, 0.29) is 17.7 Å². The molecule has 34 heavy (non-hydrogen) atoms. The maximum absolute atomic E-state index is 13.0. The van der Waals surface area contributed by atoms with Gasteiger partial charge in [0.1, 0.15) is 6.04 Å². The number of nitrogens with one attached hydrogen (secondary N) is 2. The van der Waals surface area contributed by atoms with Gasteiger partial charge in [-0.05, 0) is 69.4 Å². The summed E-state index contributed by atoms with van der Waals surface area (Å²) in [5, 5.41) is 7.03. The summed E-state index contributed by atoms with van der Waals surface area (Å²) in [6.45, 7) is 4.93. The van der Waals surface area contributed by atoms with E-state index in [1.807, 2.05) is 0 Å². The SMILES string of the molecule is CC(C)n1cc(CCCC(=O)Nc2ccc3c(c2)C(=O)N2CCC[C@@H]2C(=O)N3)c2ccccc21. The first-order chi connectivity index (χ1) is 16.4. The lowest BCUT2D eigenvalue weighted by Crippen LogP contribution is -2.40. The Morgan fingerprint density at radius 1 is 1.18 bits per heavy atom. The predicted octanol–water partition coefficient (Wildman–Crippen LogP) is 4.74. The quantitative estimate of drug-likeness (QED) is 0.560. The molecule has 2 aliphatic rings. The van der Waals surface area contributed by atoms with Crippen LogP contribution in [0.25, 0.3) is 10.9 Å². The zero-order valence-electron chi connectivity index (χ0n) is 19.6. The van der Waals surface area contributed by atoms with Crippen molar-refractivity contribution in [1.29, 1.82) is 0 Å². The van der Waals surface area contributed by atoms with Crippen molar-refractivity contribution in [2.45, 2.75) is 58.0 Å². The van der Waals surface area contributed by atoms with Crippen LogP contribution in [0.3, 0.4) is 0 Å². The number of hydrogen-bond acceptors (Lipinski definition) is 3. The van der Waals surface area contributed by atoms with E-state index in [1.54, 1.807) is 23.1 Å². The number of carbonyl (C=O) groups excluding carboxylic acids is 3. The van der Waals surface area contributed by atoms with Crippen LogP contribution >= 0.6 is 0 Å². The van der Waals surface area contributed by atoms with Gasteiger partial charge in [0.25, 0.3) is 5.91 Å². The lowest BCUT2D eigenvalue weighted by atomic mass is 10.1. The third-order valence-corrected chi connectivity index (χ3v) is 6.84. The van der Waals surface area contributed by atoms with Crippen LogP contribution in [0.1, 0.15) is 61.5 Å². The normalized spacial score (nSPS) is 17.5. The molecule has 2 aromatic carbocycles. The Morgan fingerprint density at radius 2 is 2.00 bits per heavy atom. The standard InChI is InChI=1S/C27H30N4O3/c1-17(2)31-16-18(20-8-3-4-9-23(20)31)7-5-11-25(32)28-19-12-13-22-21(15-19)27(34)30-14-6-10-24(30)26(33)29-22/h3-4,8-9,12-13,15-17,24H,5-7,10-11,14H2,1-2H3,(H,28,32)(H,29,33)/t24-/m1/s1. The predicted molar refractivity (Wildman–Crippen MR) is 133 cm³/mol. The Morgan fingerprint density at radius 3 is 2.82 bits per heavy atom. The maximum atomic E-state index is 13.0. The van der Waals surface area contributed by atoms with E-state index >= 15 is 0 Å². The molecule has 0 unspecified atom stereocenters. The van der Waals surface area contributed by atoms with Crippen molar-refractivity contribution in [2.75, 3.05) is 17.2 Å². The molecule has 5 rings (SSSR count). The van der Waals surface area contributed by atoms with E-state index in [9.17, 15) is 14.4 Å². The van der Waals surface area contributed by atoms with Gasteiger partial charge in [0.2, 0.25) is 11.8 Å². The van der Waals surface area contributed by atoms with Crippen LogP contribution in [-0.2, 0) is 16.0 Å². The Hall–Kier alpha value is -3.61. The van der Waals surface area contributed by atoms with E-state index in [1.165, 1.54) is 16.5 Å². The largest absolute Gasteiger partial charge is 0.345 e. The van der Waals surface area contributed by atoms with Gasteiger partial charge in [-0.3, -0.25) is 14.4 Å². The summed E-state index contributed by atoms with van der Waals surface area (Å²) in [6, 6.07) is 13.5. The first-order valence-electron chi connectivity index (χ1n) is 12.1. The highest BCUT2D eigenvalue weighted by molar-refractivity contribution is 6.11. The second-order valence-corrected chi connectivity index (χ2v) is 9.48.